The molecule has 9 heteroatoms. The van der Waals surface area contributed by atoms with Gasteiger partial charge < -0.3 is 21.5 Å². The summed E-state index contributed by atoms with van der Waals surface area (Å²) >= 11 is 0. The summed E-state index contributed by atoms with van der Waals surface area (Å²) in [6.07, 6.45) is 4.68. The summed E-state index contributed by atoms with van der Waals surface area (Å²) in [5.41, 5.74) is 12.5. The number of benzene rings is 2. The molecule has 3 amide bonds. The highest BCUT2D eigenvalue weighted by Crippen LogP contribution is 2.15. The first-order valence-corrected chi connectivity index (χ1v) is 8.87. The van der Waals surface area contributed by atoms with Crippen molar-refractivity contribution in [3.05, 3.63) is 78.1 Å². The van der Waals surface area contributed by atoms with Gasteiger partial charge >= 0.3 is 0 Å². The maximum absolute atomic E-state index is 12.1. The lowest BCUT2D eigenvalue weighted by Gasteiger charge is -2.05. The lowest BCUT2D eigenvalue weighted by atomic mass is 10.2. The molecule has 2 aromatic carbocycles. The van der Waals surface area contributed by atoms with Crippen molar-refractivity contribution in [3.63, 3.8) is 0 Å². The molecule has 9 nitrogen and oxygen atoms in total. The molecule has 0 saturated heterocycles. The van der Waals surface area contributed by atoms with E-state index >= 15 is 0 Å². The summed E-state index contributed by atoms with van der Waals surface area (Å²) in [5.74, 6) is -0.941. The van der Waals surface area contributed by atoms with Crippen LogP contribution < -0.4 is 21.5 Å². The normalized spacial score (nSPS) is 10.7. The molecule has 0 unspecified atom stereocenters. The fourth-order valence-corrected chi connectivity index (χ4v) is 2.48. The molecule has 152 valence electrons. The van der Waals surface area contributed by atoms with Crippen LogP contribution in [0.15, 0.2) is 66.9 Å². The van der Waals surface area contributed by atoms with Crippen LogP contribution in [0.25, 0.3) is 11.8 Å². The molecule has 1 aromatic heterocycles. The number of carbonyl (C=O) groups excluding carboxylic acids is 3. The number of rotatable bonds is 8. The van der Waals surface area contributed by atoms with E-state index in [9.17, 15) is 14.4 Å². The molecule has 1 heterocycles. The Labute approximate surface area is 171 Å². The maximum atomic E-state index is 12.1. The van der Waals surface area contributed by atoms with Crippen LogP contribution in [0.5, 0.6) is 5.75 Å². The zero-order chi connectivity index (χ0) is 21.5. The molecule has 0 aliphatic carbocycles. The zero-order valence-electron chi connectivity index (χ0n) is 15.8. The van der Waals surface area contributed by atoms with Crippen LogP contribution in [0.3, 0.4) is 0 Å². The standard InChI is InChI=1S/C21H19N5O4/c22-19(27)13-30-17-8-1-14(2-9-17)3-10-20(28)24-15-4-6-16(7-5-15)26-12-11-18(25-26)21(23)29/h1-12H,13H2,(H2,22,27)(H2,23,29)(H,24,28)/b10-3+. The minimum atomic E-state index is -0.600. The largest absolute Gasteiger partial charge is 0.484 e. The van der Waals surface area contributed by atoms with Crippen molar-refractivity contribution in [2.45, 2.75) is 0 Å². The van der Waals surface area contributed by atoms with Crippen LogP contribution in [0.2, 0.25) is 0 Å². The molecule has 0 atom stereocenters. The van der Waals surface area contributed by atoms with E-state index in [-0.39, 0.29) is 18.2 Å². The molecular formula is C21H19N5O4. The quantitative estimate of drug-likeness (QED) is 0.487. The molecule has 0 saturated carbocycles. The van der Waals surface area contributed by atoms with E-state index in [4.69, 9.17) is 16.2 Å². The Kier molecular flexibility index (Phi) is 6.23. The average molecular weight is 405 g/mol. The minimum absolute atomic E-state index is 0.171. The molecule has 0 bridgehead atoms. The summed E-state index contributed by atoms with van der Waals surface area (Å²) in [5, 5.41) is 6.82. The van der Waals surface area contributed by atoms with Crippen molar-refractivity contribution >= 4 is 29.5 Å². The fourth-order valence-electron chi connectivity index (χ4n) is 2.48. The van der Waals surface area contributed by atoms with Gasteiger partial charge in [-0.15, -0.1) is 0 Å². The number of nitrogens with two attached hydrogens (primary N) is 2. The summed E-state index contributed by atoms with van der Waals surface area (Å²) in [4.78, 5) is 33.9. The number of carbonyl (C=O) groups is 3. The van der Waals surface area contributed by atoms with Crippen molar-refractivity contribution in [1.82, 2.24) is 9.78 Å². The van der Waals surface area contributed by atoms with Gasteiger partial charge in [0.25, 0.3) is 11.8 Å². The first kappa shape index (κ1) is 20.3. The monoisotopic (exact) mass is 405 g/mol. The van der Waals surface area contributed by atoms with E-state index in [2.05, 4.69) is 10.4 Å². The highest BCUT2D eigenvalue weighted by molar-refractivity contribution is 6.02. The lowest BCUT2D eigenvalue weighted by molar-refractivity contribution is -0.120. The summed E-state index contributed by atoms with van der Waals surface area (Å²) < 4.78 is 6.69. The van der Waals surface area contributed by atoms with Gasteiger partial charge in [-0.05, 0) is 54.1 Å². The number of hydrogen-bond acceptors (Lipinski definition) is 5. The minimum Gasteiger partial charge on any atom is -0.484 e. The average Bonchev–Trinajstić information content (AvgIpc) is 3.23. The van der Waals surface area contributed by atoms with Gasteiger partial charge in [0.15, 0.2) is 6.61 Å². The molecule has 5 N–H and O–H groups in total. The van der Waals surface area contributed by atoms with Crippen LogP contribution in [-0.4, -0.2) is 34.1 Å². The number of hydrogen-bond donors (Lipinski definition) is 3. The van der Waals surface area contributed by atoms with Crippen LogP contribution in [0, 0.1) is 0 Å². The Morgan fingerprint density at radius 2 is 1.70 bits per heavy atom. The summed E-state index contributed by atoms with van der Waals surface area (Å²) in [6, 6.07) is 15.3. The van der Waals surface area contributed by atoms with Gasteiger partial charge in [0.1, 0.15) is 11.4 Å². The Hall–Kier alpha value is -4.40. The molecular weight excluding hydrogens is 386 g/mol. The van der Waals surface area contributed by atoms with Gasteiger partial charge in [-0.2, -0.15) is 5.10 Å². The van der Waals surface area contributed by atoms with Crippen LogP contribution in [0.1, 0.15) is 16.1 Å². The van der Waals surface area contributed by atoms with Crippen molar-refractivity contribution in [3.8, 4) is 11.4 Å². The second-order valence-electron chi connectivity index (χ2n) is 6.20. The molecule has 0 aliphatic heterocycles. The van der Waals surface area contributed by atoms with Gasteiger partial charge in [0.05, 0.1) is 5.69 Å². The predicted molar refractivity (Wildman–Crippen MR) is 111 cm³/mol. The molecule has 0 radical (unpaired) electrons. The molecule has 3 rings (SSSR count). The van der Waals surface area contributed by atoms with Crippen molar-refractivity contribution in [2.24, 2.45) is 11.5 Å². The van der Waals surface area contributed by atoms with Crippen molar-refractivity contribution in [1.29, 1.82) is 0 Å². The SMILES string of the molecule is NC(=O)COc1ccc(/C=C/C(=O)Nc2ccc(-n3ccc(C(N)=O)n3)cc2)cc1. The second-order valence-corrected chi connectivity index (χ2v) is 6.20. The third-order valence-corrected chi connectivity index (χ3v) is 3.93. The summed E-state index contributed by atoms with van der Waals surface area (Å²) in [6.45, 7) is -0.191. The Morgan fingerprint density at radius 1 is 1.00 bits per heavy atom. The smallest absolute Gasteiger partial charge is 0.269 e. The Balaban J connectivity index is 1.56. The molecule has 3 aromatic rings. The molecule has 0 aliphatic rings. The molecule has 0 fully saturated rings. The van der Waals surface area contributed by atoms with E-state index < -0.39 is 11.8 Å². The van der Waals surface area contributed by atoms with E-state index in [0.29, 0.717) is 11.4 Å². The van der Waals surface area contributed by atoms with Crippen molar-refractivity contribution in [2.75, 3.05) is 11.9 Å². The number of primary amides is 2. The second kappa shape index (κ2) is 9.20. The van der Waals surface area contributed by atoms with Crippen molar-refractivity contribution < 1.29 is 19.1 Å². The Bertz CT molecular complexity index is 1090. The van der Waals surface area contributed by atoms with Gasteiger partial charge in [0.2, 0.25) is 5.91 Å². The first-order chi connectivity index (χ1) is 14.4. The molecule has 30 heavy (non-hydrogen) atoms. The highest BCUT2D eigenvalue weighted by Gasteiger charge is 2.06. The van der Waals surface area contributed by atoms with Gasteiger partial charge in [-0.1, -0.05) is 12.1 Å². The van der Waals surface area contributed by atoms with Crippen LogP contribution in [-0.2, 0) is 9.59 Å². The number of aromatic nitrogens is 2. The number of nitrogens with zero attached hydrogens (tertiary/aromatic N) is 2. The van der Waals surface area contributed by atoms with E-state index in [1.54, 1.807) is 60.8 Å². The highest BCUT2D eigenvalue weighted by atomic mass is 16.5. The third-order valence-electron chi connectivity index (χ3n) is 3.93. The van der Waals surface area contributed by atoms with Gasteiger partial charge in [-0.25, -0.2) is 4.68 Å². The maximum Gasteiger partial charge on any atom is 0.269 e. The zero-order valence-corrected chi connectivity index (χ0v) is 15.8. The van der Waals surface area contributed by atoms with Gasteiger partial charge in [-0.3, -0.25) is 14.4 Å². The van der Waals surface area contributed by atoms with E-state index in [1.165, 1.54) is 16.8 Å². The fraction of sp³-hybridized carbons (Fsp3) is 0.0476. The Morgan fingerprint density at radius 3 is 2.30 bits per heavy atom. The molecule has 0 spiro atoms. The summed E-state index contributed by atoms with van der Waals surface area (Å²) in [7, 11) is 0. The number of ether oxygens (including phenoxy) is 1. The number of nitrogens with one attached hydrogen (secondary N) is 1. The van der Waals surface area contributed by atoms with E-state index in [0.717, 1.165) is 11.3 Å². The third kappa shape index (κ3) is 5.55. The first-order valence-electron chi connectivity index (χ1n) is 8.87. The van der Waals surface area contributed by atoms with Crippen LogP contribution in [0.4, 0.5) is 5.69 Å². The number of amides is 3. The predicted octanol–water partition coefficient (Wildman–Crippen LogP) is 1.49. The lowest BCUT2D eigenvalue weighted by Crippen LogP contribution is -2.19. The number of anilines is 1. The topological polar surface area (TPSA) is 142 Å². The van der Waals surface area contributed by atoms with Gasteiger partial charge in [0, 0.05) is 18.0 Å². The van der Waals surface area contributed by atoms with E-state index in [1.807, 2.05) is 0 Å². The van der Waals surface area contributed by atoms with Crippen LogP contribution >= 0.6 is 0 Å².